The molecule has 2 aromatic rings. The maximum absolute atomic E-state index is 14.0. The maximum atomic E-state index is 14.0. The van der Waals surface area contributed by atoms with Crippen molar-refractivity contribution in [1.29, 1.82) is 0 Å². The third-order valence-corrected chi connectivity index (χ3v) is 4.36. The van der Waals surface area contributed by atoms with Gasteiger partial charge >= 0.3 is 6.03 Å². The van der Waals surface area contributed by atoms with Crippen molar-refractivity contribution in [1.82, 2.24) is 10.2 Å². The van der Waals surface area contributed by atoms with Crippen LogP contribution in [-0.2, 0) is 11.4 Å². The van der Waals surface area contributed by atoms with Gasteiger partial charge in [0.15, 0.2) is 6.10 Å². The number of rotatable bonds is 6. The highest BCUT2D eigenvalue weighted by atomic mass is 19.1. The van der Waals surface area contributed by atoms with E-state index in [1.54, 1.807) is 12.1 Å². The quantitative estimate of drug-likeness (QED) is 0.783. The van der Waals surface area contributed by atoms with E-state index < -0.39 is 17.7 Å². The molecule has 0 aliphatic carbocycles. The Bertz CT molecular complexity index is 918. The van der Waals surface area contributed by atoms with E-state index in [4.69, 9.17) is 4.84 Å². The fourth-order valence-electron chi connectivity index (χ4n) is 3.07. The Labute approximate surface area is 167 Å². The van der Waals surface area contributed by atoms with Crippen LogP contribution in [0.3, 0.4) is 0 Å². The van der Waals surface area contributed by atoms with E-state index in [1.807, 2.05) is 13.8 Å². The predicted octanol–water partition coefficient (Wildman–Crippen LogP) is 4.22. The summed E-state index contributed by atoms with van der Waals surface area (Å²) in [5.74, 6) is -1.78. The summed E-state index contributed by atoms with van der Waals surface area (Å²) in [6, 6.07) is 8.85. The van der Waals surface area contributed by atoms with Crippen LogP contribution in [0.5, 0.6) is 0 Å². The molecule has 154 valence electrons. The third-order valence-electron chi connectivity index (χ3n) is 4.36. The Hall–Kier alpha value is -3.03. The van der Waals surface area contributed by atoms with Gasteiger partial charge in [-0.2, -0.15) is 0 Å². The number of hydrogen-bond acceptors (Lipinski definition) is 3. The van der Waals surface area contributed by atoms with Gasteiger partial charge in [-0.05, 0) is 43.7 Å². The van der Waals surface area contributed by atoms with Gasteiger partial charge in [0, 0.05) is 30.6 Å². The zero-order chi connectivity index (χ0) is 21.0. The van der Waals surface area contributed by atoms with E-state index >= 15 is 0 Å². The van der Waals surface area contributed by atoms with E-state index in [2.05, 4.69) is 10.5 Å². The SMILES string of the molecule is CC(C)NC(=O)N(Cc1cccc(F)c1)C[C@H]1CC(c2ccc(F)cc2F)=NO1. The number of oxime groups is 1. The number of carbonyl (C=O) groups is 1. The summed E-state index contributed by atoms with van der Waals surface area (Å²) in [7, 11) is 0. The van der Waals surface area contributed by atoms with E-state index in [0.29, 0.717) is 11.3 Å². The Morgan fingerprint density at radius 1 is 1.21 bits per heavy atom. The number of nitrogens with zero attached hydrogens (tertiary/aromatic N) is 2. The van der Waals surface area contributed by atoms with Gasteiger partial charge in [-0.1, -0.05) is 17.3 Å². The fraction of sp³-hybridized carbons (Fsp3) is 0.333. The molecule has 2 aromatic carbocycles. The molecule has 5 nitrogen and oxygen atoms in total. The van der Waals surface area contributed by atoms with Crippen molar-refractivity contribution in [3.63, 3.8) is 0 Å². The van der Waals surface area contributed by atoms with Gasteiger partial charge in [0.25, 0.3) is 0 Å². The van der Waals surface area contributed by atoms with Crippen LogP contribution in [0.25, 0.3) is 0 Å². The molecule has 0 fully saturated rings. The molecule has 0 unspecified atom stereocenters. The molecule has 2 amide bonds. The molecule has 29 heavy (non-hydrogen) atoms. The van der Waals surface area contributed by atoms with Crippen LogP contribution >= 0.6 is 0 Å². The molecule has 0 saturated carbocycles. The highest BCUT2D eigenvalue weighted by Crippen LogP contribution is 2.21. The van der Waals surface area contributed by atoms with E-state index in [9.17, 15) is 18.0 Å². The molecule has 1 aliphatic rings. The Morgan fingerprint density at radius 2 is 1.97 bits per heavy atom. The topological polar surface area (TPSA) is 53.9 Å². The number of nitrogens with one attached hydrogen (secondary N) is 1. The molecule has 0 bridgehead atoms. The van der Waals surface area contributed by atoms with Crippen molar-refractivity contribution in [3.8, 4) is 0 Å². The number of benzene rings is 2. The second-order valence-electron chi connectivity index (χ2n) is 7.21. The summed E-state index contributed by atoms with van der Waals surface area (Å²) in [4.78, 5) is 19.5. The first-order valence-corrected chi connectivity index (χ1v) is 9.30. The van der Waals surface area contributed by atoms with Crippen LogP contribution in [0.15, 0.2) is 47.6 Å². The molecule has 0 spiro atoms. The summed E-state index contributed by atoms with van der Waals surface area (Å²) < 4.78 is 40.6. The monoisotopic (exact) mass is 405 g/mol. The first kappa shape index (κ1) is 20.7. The second-order valence-corrected chi connectivity index (χ2v) is 7.21. The maximum Gasteiger partial charge on any atom is 0.318 e. The Morgan fingerprint density at radius 3 is 2.66 bits per heavy atom. The number of amides is 2. The van der Waals surface area contributed by atoms with Gasteiger partial charge in [-0.15, -0.1) is 0 Å². The van der Waals surface area contributed by atoms with Crippen molar-refractivity contribution in [2.75, 3.05) is 6.54 Å². The standard InChI is InChI=1S/C21H22F3N3O2/c1-13(2)25-21(28)27(11-14-4-3-5-15(22)8-14)12-17-10-20(26-29-17)18-7-6-16(23)9-19(18)24/h3-9,13,17H,10-12H2,1-2H3,(H,25,28)/t17-/m1/s1. The summed E-state index contributed by atoms with van der Waals surface area (Å²) in [6.45, 7) is 4.02. The zero-order valence-corrected chi connectivity index (χ0v) is 16.2. The molecule has 1 atom stereocenters. The fourth-order valence-corrected chi connectivity index (χ4v) is 3.07. The normalized spacial score (nSPS) is 15.8. The van der Waals surface area contributed by atoms with Crippen LogP contribution in [0.2, 0.25) is 0 Å². The van der Waals surface area contributed by atoms with Crippen LogP contribution in [0.1, 0.15) is 31.4 Å². The van der Waals surface area contributed by atoms with E-state index in [0.717, 1.165) is 12.1 Å². The lowest BCUT2D eigenvalue weighted by Crippen LogP contribution is -2.45. The third kappa shape index (κ3) is 5.49. The minimum absolute atomic E-state index is 0.0814. The van der Waals surface area contributed by atoms with Crippen LogP contribution < -0.4 is 5.32 Å². The van der Waals surface area contributed by atoms with Crippen molar-refractivity contribution in [2.45, 2.75) is 39.0 Å². The van der Waals surface area contributed by atoms with Gasteiger partial charge in [-0.25, -0.2) is 18.0 Å². The highest BCUT2D eigenvalue weighted by molar-refractivity contribution is 6.01. The molecule has 3 rings (SSSR count). The van der Waals surface area contributed by atoms with Crippen LogP contribution in [0.4, 0.5) is 18.0 Å². The molecule has 0 radical (unpaired) electrons. The van der Waals surface area contributed by atoms with Crippen molar-refractivity contribution in [3.05, 3.63) is 71.0 Å². The zero-order valence-electron chi connectivity index (χ0n) is 16.2. The summed E-state index contributed by atoms with van der Waals surface area (Å²) in [5, 5.41) is 6.72. The molecular formula is C21H22F3N3O2. The largest absolute Gasteiger partial charge is 0.390 e. The van der Waals surface area contributed by atoms with Crippen molar-refractivity contribution < 1.29 is 22.8 Å². The highest BCUT2D eigenvalue weighted by Gasteiger charge is 2.28. The van der Waals surface area contributed by atoms with E-state index in [1.165, 1.54) is 23.1 Å². The average Bonchev–Trinajstić information content (AvgIpc) is 3.09. The first-order chi connectivity index (χ1) is 13.8. The minimum Gasteiger partial charge on any atom is -0.390 e. The number of hydrogen-bond donors (Lipinski definition) is 1. The van der Waals surface area contributed by atoms with Gasteiger partial charge in [0.05, 0.1) is 12.3 Å². The smallest absolute Gasteiger partial charge is 0.318 e. The van der Waals surface area contributed by atoms with Gasteiger partial charge in [0.2, 0.25) is 0 Å². The predicted molar refractivity (Wildman–Crippen MR) is 103 cm³/mol. The van der Waals surface area contributed by atoms with Crippen molar-refractivity contribution >= 4 is 11.7 Å². The molecule has 1 aliphatic heterocycles. The van der Waals surface area contributed by atoms with Gasteiger partial charge in [-0.3, -0.25) is 0 Å². The summed E-state index contributed by atoms with van der Waals surface area (Å²) >= 11 is 0. The van der Waals surface area contributed by atoms with Crippen molar-refractivity contribution in [2.24, 2.45) is 5.16 Å². The van der Waals surface area contributed by atoms with Gasteiger partial charge in [0.1, 0.15) is 17.5 Å². The molecule has 1 heterocycles. The lowest BCUT2D eigenvalue weighted by atomic mass is 10.0. The number of carbonyl (C=O) groups excluding carboxylic acids is 1. The molecule has 1 N–H and O–H groups in total. The average molecular weight is 405 g/mol. The first-order valence-electron chi connectivity index (χ1n) is 9.30. The molecular weight excluding hydrogens is 383 g/mol. The van der Waals surface area contributed by atoms with Crippen LogP contribution in [-0.4, -0.2) is 35.3 Å². The Kier molecular flexibility index (Phi) is 6.41. The molecule has 0 saturated heterocycles. The lowest BCUT2D eigenvalue weighted by Gasteiger charge is -2.26. The van der Waals surface area contributed by atoms with Gasteiger partial charge < -0.3 is 15.1 Å². The van der Waals surface area contributed by atoms with E-state index in [-0.39, 0.29) is 43.0 Å². The van der Waals surface area contributed by atoms with Crippen LogP contribution in [0, 0.1) is 17.5 Å². The molecule has 0 aromatic heterocycles. The lowest BCUT2D eigenvalue weighted by molar-refractivity contribution is 0.0586. The summed E-state index contributed by atoms with van der Waals surface area (Å²) in [6.07, 6.45) is -0.238. The minimum atomic E-state index is -0.720. The number of urea groups is 1. The summed E-state index contributed by atoms with van der Waals surface area (Å²) in [5.41, 5.74) is 1.15. The Balaban J connectivity index is 1.70. The molecule has 8 heteroatoms. The number of halogens is 3. The second kappa shape index (κ2) is 8.98.